The van der Waals surface area contributed by atoms with E-state index in [0.717, 1.165) is 3.57 Å². The number of nitrogens with zero attached hydrogens (tertiary/aromatic N) is 2. The number of aliphatic carboxylic acids is 1. The van der Waals surface area contributed by atoms with Crippen LogP contribution < -0.4 is 4.90 Å². The summed E-state index contributed by atoms with van der Waals surface area (Å²) in [6.07, 6.45) is 0.370. The van der Waals surface area contributed by atoms with E-state index in [4.69, 9.17) is 5.11 Å². The van der Waals surface area contributed by atoms with Crippen molar-refractivity contribution in [2.45, 2.75) is 19.4 Å². The van der Waals surface area contributed by atoms with Crippen LogP contribution in [0, 0.1) is 13.7 Å². The molecule has 0 aliphatic heterocycles. The molecule has 0 saturated carbocycles. The van der Waals surface area contributed by atoms with Crippen LogP contribution in [0.1, 0.15) is 13.3 Å². The topological polar surface area (TPSA) is 83.7 Å². The molecule has 0 bridgehead atoms. The van der Waals surface area contributed by atoms with Crippen LogP contribution >= 0.6 is 22.6 Å². The Morgan fingerprint density at radius 3 is 2.67 bits per heavy atom. The second-order valence-electron chi connectivity index (χ2n) is 3.76. The normalized spacial score (nSPS) is 11.9. The minimum atomic E-state index is -0.993. The van der Waals surface area contributed by atoms with Gasteiger partial charge in [0, 0.05) is 16.7 Å². The number of benzene rings is 1. The van der Waals surface area contributed by atoms with Crippen molar-refractivity contribution in [2.24, 2.45) is 0 Å². The SMILES string of the molecule is CCC(C(=O)O)N(C)c1ccc(I)cc1[N+](=O)[O-]. The molecule has 1 aromatic carbocycles. The Bertz CT molecular complexity index is 478. The molecular weight excluding hydrogens is 351 g/mol. The lowest BCUT2D eigenvalue weighted by Crippen LogP contribution is -2.38. The molecule has 0 fully saturated rings. The average molecular weight is 364 g/mol. The molecule has 18 heavy (non-hydrogen) atoms. The molecular formula is C11H13IN2O4. The fourth-order valence-electron chi connectivity index (χ4n) is 1.72. The van der Waals surface area contributed by atoms with Gasteiger partial charge in [-0.2, -0.15) is 0 Å². The number of hydrogen-bond donors (Lipinski definition) is 1. The molecule has 1 unspecified atom stereocenters. The van der Waals surface area contributed by atoms with Crippen molar-refractivity contribution in [3.63, 3.8) is 0 Å². The maximum atomic E-state index is 11.1. The third kappa shape index (κ3) is 3.09. The van der Waals surface area contributed by atoms with Crippen LogP contribution in [0.5, 0.6) is 0 Å². The lowest BCUT2D eigenvalue weighted by molar-refractivity contribution is -0.384. The van der Waals surface area contributed by atoms with Crippen LogP contribution in [-0.2, 0) is 4.79 Å². The van der Waals surface area contributed by atoms with Crippen molar-refractivity contribution < 1.29 is 14.8 Å². The van der Waals surface area contributed by atoms with Gasteiger partial charge in [0.15, 0.2) is 0 Å². The molecule has 1 rings (SSSR count). The Kier molecular flexibility index (Phi) is 4.88. The van der Waals surface area contributed by atoms with Crippen LogP contribution in [-0.4, -0.2) is 29.1 Å². The van der Waals surface area contributed by atoms with Gasteiger partial charge in [-0.15, -0.1) is 0 Å². The molecule has 0 spiro atoms. The minimum Gasteiger partial charge on any atom is -0.480 e. The highest BCUT2D eigenvalue weighted by molar-refractivity contribution is 14.1. The minimum absolute atomic E-state index is 0.0795. The number of hydrogen-bond acceptors (Lipinski definition) is 4. The Morgan fingerprint density at radius 1 is 1.61 bits per heavy atom. The van der Waals surface area contributed by atoms with E-state index in [0.29, 0.717) is 12.1 Å². The molecule has 1 N–H and O–H groups in total. The van der Waals surface area contributed by atoms with Gasteiger partial charge in [0.25, 0.3) is 5.69 Å². The summed E-state index contributed by atoms with van der Waals surface area (Å²) >= 11 is 1.98. The van der Waals surface area contributed by atoms with Crippen LogP contribution in [0.25, 0.3) is 0 Å². The molecule has 0 heterocycles. The molecule has 6 nitrogen and oxygen atoms in total. The number of nitro groups is 1. The zero-order chi connectivity index (χ0) is 13.9. The highest BCUT2D eigenvalue weighted by Crippen LogP contribution is 2.30. The fraction of sp³-hybridized carbons (Fsp3) is 0.364. The van der Waals surface area contributed by atoms with Gasteiger partial charge in [-0.1, -0.05) is 6.92 Å². The van der Waals surface area contributed by atoms with Crippen LogP contribution in [0.2, 0.25) is 0 Å². The van der Waals surface area contributed by atoms with E-state index in [2.05, 4.69) is 0 Å². The van der Waals surface area contributed by atoms with E-state index in [-0.39, 0.29) is 5.69 Å². The summed E-state index contributed by atoms with van der Waals surface area (Å²) in [4.78, 5) is 23.0. The maximum Gasteiger partial charge on any atom is 0.326 e. The Balaban J connectivity index is 3.23. The summed E-state index contributed by atoms with van der Waals surface area (Å²) in [7, 11) is 1.55. The molecule has 7 heteroatoms. The molecule has 1 atom stereocenters. The standard InChI is InChI=1S/C11H13IN2O4/c1-3-8(11(15)16)13(2)9-5-4-7(12)6-10(9)14(17)18/h4-6,8H,3H2,1-2H3,(H,15,16). The molecule has 0 aliphatic carbocycles. The van der Waals surface area contributed by atoms with Crippen molar-refractivity contribution in [3.05, 3.63) is 31.9 Å². The van der Waals surface area contributed by atoms with Gasteiger partial charge in [-0.25, -0.2) is 4.79 Å². The summed E-state index contributed by atoms with van der Waals surface area (Å²) in [5.74, 6) is -0.993. The van der Waals surface area contributed by atoms with Crippen molar-refractivity contribution in [1.29, 1.82) is 0 Å². The monoisotopic (exact) mass is 364 g/mol. The van der Waals surface area contributed by atoms with E-state index >= 15 is 0 Å². The number of rotatable bonds is 5. The fourth-order valence-corrected chi connectivity index (χ4v) is 2.20. The van der Waals surface area contributed by atoms with E-state index in [1.807, 2.05) is 22.6 Å². The van der Waals surface area contributed by atoms with Crippen LogP contribution in [0.3, 0.4) is 0 Å². The molecule has 0 saturated heterocycles. The van der Waals surface area contributed by atoms with Gasteiger partial charge < -0.3 is 10.0 Å². The Hall–Kier alpha value is -1.38. The van der Waals surface area contributed by atoms with Gasteiger partial charge in [-0.05, 0) is 41.1 Å². The number of carboxylic acids is 1. The number of nitro benzene ring substituents is 1. The van der Waals surface area contributed by atoms with Crippen molar-refractivity contribution in [2.75, 3.05) is 11.9 Å². The highest BCUT2D eigenvalue weighted by Gasteiger charge is 2.26. The number of carboxylic acid groups (broad SMARTS) is 1. The first-order valence-corrected chi connectivity index (χ1v) is 6.36. The van der Waals surface area contributed by atoms with Crippen LogP contribution in [0.4, 0.5) is 11.4 Å². The smallest absolute Gasteiger partial charge is 0.326 e. The van der Waals surface area contributed by atoms with E-state index in [1.54, 1.807) is 26.1 Å². The summed E-state index contributed by atoms with van der Waals surface area (Å²) in [6.45, 7) is 1.73. The number of likely N-dealkylation sites (N-methyl/N-ethyl adjacent to an activating group) is 1. The van der Waals surface area contributed by atoms with Gasteiger partial charge >= 0.3 is 5.97 Å². The maximum absolute atomic E-state index is 11.1. The number of anilines is 1. The Morgan fingerprint density at radius 2 is 2.22 bits per heavy atom. The summed E-state index contributed by atoms with van der Waals surface area (Å²) < 4.78 is 0.736. The van der Waals surface area contributed by atoms with E-state index in [9.17, 15) is 14.9 Å². The number of halogens is 1. The average Bonchev–Trinajstić information content (AvgIpc) is 2.28. The predicted octanol–water partition coefficient (Wildman–Crippen LogP) is 2.50. The zero-order valence-corrected chi connectivity index (χ0v) is 12.1. The third-order valence-corrected chi connectivity index (χ3v) is 3.32. The summed E-state index contributed by atoms with van der Waals surface area (Å²) in [5.41, 5.74) is 0.235. The predicted molar refractivity (Wildman–Crippen MR) is 75.9 cm³/mol. The van der Waals surface area contributed by atoms with Crippen molar-refractivity contribution in [3.8, 4) is 0 Å². The molecule has 0 amide bonds. The molecule has 98 valence electrons. The summed E-state index contributed by atoms with van der Waals surface area (Å²) in [5, 5.41) is 20.1. The largest absolute Gasteiger partial charge is 0.480 e. The summed E-state index contributed by atoms with van der Waals surface area (Å²) in [6, 6.07) is 3.95. The second kappa shape index (κ2) is 5.98. The highest BCUT2D eigenvalue weighted by atomic mass is 127. The molecule has 0 aromatic heterocycles. The second-order valence-corrected chi connectivity index (χ2v) is 5.01. The first kappa shape index (κ1) is 14.7. The van der Waals surface area contributed by atoms with Gasteiger partial charge in [0.1, 0.15) is 11.7 Å². The van der Waals surface area contributed by atoms with Gasteiger partial charge in [0.2, 0.25) is 0 Å². The van der Waals surface area contributed by atoms with E-state index < -0.39 is 16.9 Å². The van der Waals surface area contributed by atoms with Gasteiger partial charge in [0.05, 0.1) is 4.92 Å². The molecule has 0 aliphatic rings. The third-order valence-electron chi connectivity index (χ3n) is 2.65. The molecule has 0 radical (unpaired) electrons. The van der Waals surface area contributed by atoms with E-state index in [1.165, 1.54) is 11.0 Å². The first-order chi connectivity index (χ1) is 8.38. The van der Waals surface area contributed by atoms with Gasteiger partial charge in [-0.3, -0.25) is 10.1 Å². The molecule has 1 aromatic rings. The van der Waals surface area contributed by atoms with Crippen molar-refractivity contribution in [1.82, 2.24) is 0 Å². The van der Waals surface area contributed by atoms with Crippen molar-refractivity contribution >= 4 is 39.9 Å². The lowest BCUT2D eigenvalue weighted by Gasteiger charge is -2.25. The zero-order valence-electron chi connectivity index (χ0n) is 9.96. The Labute approximate surface area is 118 Å². The van der Waals surface area contributed by atoms with Crippen LogP contribution in [0.15, 0.2) is 18.2 Å². The quantitative estimate of drug-likeness (QED) is 0.493. The lowest BCUT2D eigenvalue weighted by atomic mass is 10.1. The number of carbonyl (C=O) groups is 1. The first-order valence-electron chi connectivity index (χ1n) is 5.28.